The fourth-order valence-corrected chi connectivity index (χ4v) is 5.24. The largest absolute Gasteiger partial charge is 0.374 e. The summed E-state index contributed by atoms with van der Waals surface area (Å²) < 4.78 is 27.2. The first kappa shape index (κ1) is 23.4. The quantitative estimate of drug-likeness (QED) is 0.524. The van der Waals surface area contributed by atoms with Crippen LogP contribution in [0.15, 0.2) is 54.6 Å². The molecule has 4 rings (SSSR count). The Balaban J connectivity index is 1.38. The Morgan fingerprint density at radius 2 is 1.82 bits per heavy atom. The van der Waals surface area contributed by atoms with E-state index in [9.17, 15) is 8.42 Å². The highest BCUT2D eigenvalue weighted by Gasteiger charge is 2.24. The number of hydrogen-bond acceptors (Lipinski definition) is 4. The van der Waals surface area contributed by atoms with Crippen LogP contribution in [-0.4, -0.2) is 49.2 Å². The van der Waals surface area contributed by atoms with E-state index in [0.29, 0.717) is 25.7 Å². The molecule has 0 saturated carbocycles. The second-order valence-electron chi connectivity index (χ2n) is 8.51. The normalized spacial score (nSPS) is 15.3. The second kappa shape index (κ2) is 10.4. The van der Waals surface area contributed by atoms with Crippen LogP contribution < -0.4 is 10.6 Å². The Kier molecular flexibility index (Phi) is 7.39. The smallest absolute Gasteiger partial charge is 0.211 e. The molecule has 3 aromatic rings. The van der Waals surface area contributed by atoms with E-state index in [4.69, 9.17) is 0 Å². The van der Waals surface area contributed by atoms with Crippen LogP contribution in [0.1, 0.15) is 31.0 Å². The predicted octanol–water partition coefficient (Wildman–Crippen LogP) is 3.64. The van der Waals surface area contributed by atoms with Gasteiger partial charge in [-0.25, -0.2) is 12.7 Å². The van der Waals surface area contributed by atoms with Gasteiger partial charge in [0.2, 0.25) is 10.0 Å². The lowest BCUT2D eigenvalue weighted by Gasteiger charge is -2.30. The van der Waals surface area contributed by atoms with E-state index in [-0.39, 0.29) is 0 Å². The molecule has 0 bridgehead atoms. The fraction of sp³-hybridized carbons (Fsp3) is 0.385. The lowest BCUT2D eigenvalue weighted by molar-refractivity contribution is 0.290. The minimum atomic E-state index is -3.08. The minimum Gasteiger partial charge on any atom is -0.374 e. The molecule has 33 heavy (non-hydrogen) atoms. The molecule has 0 spiro atoms. The molecule has 2 N–H and O–H groups in total. The molecular weight excluding hydrogens is 432 g/mol. The molecule has 1 aliphatic heterocycles. The fourth-order valence-electron chi connectivity index (χ4n) is 4.37. The van der Waals surface area contributed by atoms with Crippen molar-refractivity contribution >= 4 is 26.6 Å². The van der Waals surface area contributed by atoms with Crippen molar-refractivity contribution in [2.45, 2.75) is 38.9 Å². The summed E-state index contributed by atoms with van der Waals surface area (Å²) in [6, 6.07) is 19.2. The SMILES string of the molecule is CCn1c(C#CCNc2ccccc2)cc2cc(CNC3CCN(S(C)(=O)=O)CC3)ccc21. The molecular formula is C26H32N4O2S. The van der Waals surface area contributed by atoms with Crippen molar-refractivity contribution in [3.05, 3.63) is 65.9 Å². The maximum absolute atomic E-state index is 11.7. The molecule has 0 amide bonds. The first-order valence-corrected chi connectivity index (χ1v) is 13.4. The minimum absolute atomic E-state index is 0.345. The topological polar surface area (TPSA) is 66.4 Å². The van der Waals surface area contributed by atoms with E-state index in [0.717, 1.165) is 37.3 Å². The summed E-state index contributed by atoms with van der Waals surface area (Å²) in [5, 5.41) is 8.13. The van der Waals surface area contributed by atoms with Gasteiger partial charge in [0.25, 0.3) is 0 Å². The number of nitrogens with one attached hydrogen (secondary N) is 2. The third-order valence-corrected chi connectivity index (χ3v) is 7.47. The van der Waals surface area contributed by atoms with E-state index in [2.05, 4.69) is 58.2 Å². The van der Waals surface area contributed by atoms with E-state index < -0.39 is 10.0 Å². The third-order valence-electron chi connectivity index (χ3n) is 6.17. The number of nitrogens with zero attached hydrogens (tertiary/aromatic N) is 2. The van der Waals surface area contributed by atoms with E-state index >= 15 is 0 Å². The number of hydrogen-bond donors (Lipinski definition) is 2. The summed E-state index contributed by atoms with van der Waals surface area (Å²) in [6.07, 6.45) is 2.98. The van der Waals surface area contributed by atoms with Crippen LogP contribution in [0.2, 0.25) is 0 Å². The van der Waals surface area contributed by atoms with Crippen molar-refractivity contribution < 1.29 is 8.42 Å². The molecule has 0 atom stereocenters. The Morgan fingerprint density at radius 3 is 2.52 bits per heavy atom. The highest BCUT2D eigenvalue weighted by atomic mass is 32.2. The number of benzene rings is 2. The molecule has 1 aliphatic rings. The molecule has 2 heterocycles. The van der Waals surface area contributed by atoms with Crippen LogP contribution in [0.4, 0.5) is 5.69 Å². The highest BCUT2D eigenvalue weighted by molar-refractivity contribution is 7.88. The number of rotatable bonds is 7. The molecule has 0 aliphatic carbocycles. The Bertz CT molecular complexity index is 1250. The molecule has 6 nitrogen and oxygen atoms in total. The zero-order valence-electron chi connectivity index (χ0n) is 19.3. The van der Waals surface area contributed by atoms with Crippen molar-refractivity contribution in [2.24, 2.45) is 0 Å². The van der Waals surface area contributed by atoms with Crippen LogP contribution in [0.5, 0.6) is 0 Å². The van der Waals surface area contributed by atoms with E-state index in [1.165, 1.54) is 22.7 Å². The highest BCUT2D eigenvalue weighted by Crippen LogP contribution is 2.22. The van der Waals surface area contributed by atoms with Crippen molar-refractivity contribution in [2.75, 3.05) is 31.2 Å². The maximum atomic E-state index is 11.7. The van der Waals surface area contributed by atoms with E-state index in [1.807, 2.05) is 30.3 Å². The van der Waals surface area contributed by atoms with Gasteiger partial charge in [-0.3, -0.25) is 0 Å². The first-order chi connectivity index (χ1) is 15.9. The van der Waals surface area contributed by atoms with Crippen LogP contribution in [0.25, 0.3) is 10.9 Å². The molecule has 2 aromatic carbocycles. The maximum Gasteiger partial charge on any atom is 0.211 e. The summed E-state index contributed by atoms with van der Waals surface area (Å²) in [5.74, 6) is 6.57. The second-order valence-corrected chi connectivity index (χ2v) is 10.5. The van der Waals surface area contributed by atoms with Crippen LogP contribution in [0, 0.1) is 11.8 Å². The number of anilines is 1. The number of aromatic nitrogens is 1. The number of piperidine rings is 1. The molecule has 174 valence electrons. The van der Waals surface area contributed by atoms with Gasteiger partial charge in [0.15, 0.2) is 0 Å². The van der Waals surface area contributed by atoms with Gasteiger partial charge >= 0.3 is 0 Å². The Labute approximate surface area is 197 Å². The van der Waals surface area contributed by atoms with Gasteiger partial charge < -0.3 is 15.2 Å². The van der Waals surface area contributed by atoms with Gasteiger partial charge in [0.1, 0.15) is 0 Å². The molecule has 1 aromatic heterocycles. The summed E-state index contributed by atoms with van der Waals surface area (Å²) in [6.45, 7) is 5.58. The molecule has 0 unspecified atom stereocenters. The standard InChI is InChI=1S/C26H32N4O2S/c1-3-30-25(10-7-15-27-23-8-5-4-6-9-23)19-22-18-21(11-12-26(22)30)20-28-24-13-16-29(17-14-24)33(2,31)32/h4-6,8-9,11-12,18-19,24,27-28H,3,13-17,20H2,1-2H3. The zero-order valence-corrected chi connectivity index (χ0v) is 20.2. The Hall–Kier alpha value is -2.79. The van der Waals surface area contributed by atoms with Crippen LogP contribution in [0.3, 0.4) is 0 Å². The first-order valence-electron chi connectivity index (χ1n) is 11.5. The van der Waals surface area contributed by atoms with E-state index in [1.54, 1.807) is 4.31 Å². The van der Waals surface area contributed by atoms with Crippen molar-refractivity contribution in [1.29, 1.82) is 0 Å². The van der Waals surface area contributed by atoms with Gasteiger partial charge in [0.05, 0.1) is 18.5 Å². The summed E-state index contributed by atoms with van der Waals surface area (Å²) in [7, 11) is -3.08. The van der Waals surface area contributed by atoms with Gasteiger partial charge in [0, 0.05) is 48.8 Å². The van der Waals surface area contributed by atoms with Gasteiger partial charge in [-0.2, -0.15) is 0 Å². The third kappa shape index (κ3) is 5.97. The summed E-state index contributed by atoms with van der Waals surface area (Å²) in [4.78, 5) is 0. The van der Waals surface area contributed by atoms with Crippen molar-refractivity contribution in [1.82, 2.24) is 14.2 Å². The molecule has 1 saturated heterocycles. The zero-order chi connectivity index (χ0) is 23.3. The van der Waals surface area contributed by atoms with Crippen molar-refractivity contribution in [3.63, 3.8) is 0 Å². The van der Waals surface area contributed by atoms with Gasteiger partial charge in [-0.05, 0) is 61.6 Å². The number of sulfonamides is 1. The lowest BCUT2D eigenvalue weighted by atomic mass is 10.1. The summed E-state index contributed by atoms with van der Waals surface area (Å²) >= 11 is 0. The average Bonchev–Trinajstić information content (AvgIpc) is 3.17. The monoisotopic (exact) mass is 464 g/mol. The number of aryl methyl sites for hydroxylation is 1. The lowest BCUT2D eigenvalue weighted by Crippen LogP contribution is -2.44. The van der Waals surface area contributed by atoms with Crippen LogP contribution in [-0.2, 0) is 23.1 Å². The van der Waals surface area contributed by atoms with Crippen molar-refractivity contribution in [3.8, 4) is 11.8 Å². The van der Waals surface area contributed by atoms with Crippen LogP contribution >= 0.6 is 0 Å². The Morgan fingerprint density at radius 1 is 1.06 bits per heavy atom. The molecule has 1 fully saturated rings. The predicted molar refractivity (Wildman–Crippen MR) is 136 cm³/mol. The average molecular weight is 465 g/mol. The van der Waals surface area contributed by atoms with Gasteiger partial charge in [-0.1, -0.05) is 30.2 Å². The number of para-hydroxylation sites is 1. The number of fused-ring (bicyclic) bond motifs is 1. The summed E-state index contributed by atoms with van der Waals surface area (Å²) in [5.41, 5.74) is 4.53. The van der Waals surface area contributed by atoms with Gasteiger partial charge in [-0.15, -0.1) is 0 Å². The molecule has 7 heteroatoms. The molecule has 0 radical (unpaired) electrons.